The van der Waals surface area contributed by atoms with Gasteiger partial charge in [0.25, 0.3) is 0 Å². The molecule has 1 unspecified atom stereocenters. The Morgan fingerprint density at radius 3 is 2.38 bits per heavy atom. The molecule has 2 nitrogen and oxygen atoms in total. The van der Waals surface area contributed by atoms with Gasteiger partial charge in [-0.1, -0.05) is 63.3 Å². The number of nitrogens with zero attached hydrogens (tertiary/aromatic N) is 1. The Morgan fingerprint density at radius 2 is 1.81 bits per heavy atom. The summed E-state index contributed by atoms with van der Waals surface area (Å²) >= 11 is 0. The maximum Gasteiger partial charge on any atom is 0.0482 e. The summed E-state index contributed by atoms with van der Waals surface area (Å²) in [5.74, 6) is 0. The molecule has 118 valence electrons. The van der Waals surface area contributed by atoms with Gasteiger partial charge >= 0.3 is 0 Å². The molecule has 1 aromatic carbocycles. The third kappa shape index (κ3) is 3.67. The highest BCUT2D eigenvalue weighted by Crippen LogP contribution is 2.39. The smallest absolute Gasteiger partial charge is 0.0482 e. The Bertz CT molecular complexity index is 431. The molecule has 0 amide bonds. The highest BCUT2D eigenvalue weighted by Gasteiger charge is 2.39. The molecular formula is C19H32N2. The maximum absolute atomic E-state index is 6.80. The Labute approximate surface area is 130 Å². The number of nitrogens with two attached hydrogens (primary N) is 1. The minimum Gasteiger partial charge on any atom is -0.322 e. The fourth-order valence-electron chi connectivity index (χ4n) is 3.92. The lowest BCUT2D eigenvalue weighted by atomic mass is 9.78. The van der Waals surface area contributed by atoms with Crippen molar-refractivity contribution in [3.8, 4) is 0 Å². The number of likely N-dealkylation sites (N-methyl/N-ethyl adjacent to an activating group) is 1. The summed E-state index contributed by atoms with van der Waals surface area (Å²) < 4.78 is 0. The zero-order valence-corrected chi connectivity index (χ0v) is 14.1. The third-order valence-electron chi connectivity index (χ3n) is 5.29. The van der Waals surface area contributed by atoms with Crippen LogP contribution in [0, 0.1) is 0 Å². The van der Waals surface area contributed by atoms with Crippen LogP contribution < -0.4 is 5.73 Å². The SMILES string of the molecule is CCCc1cccc(C(N)C2(N(C)C)CCCCCC2)c1. The Morgan fingerprint density at radius 1 is 1.14 bits per heavy atom. The summed E-state index contributed by atoms with van der Waals surface area (Å²) in [4.78, 5) is 2.40. The van der Waals surface area contributed by atoms with Crippen molar-refractivity contribution in [2.75, 3.05) is 14.1 Å². The number of rotatable bonds is 5. The van der Waals surface area contributed by atoms with Crippen LogP contribution in [0.1, 0.15) is 69.0 Å². The normalized spacial score (nSPS) is 20.2. The van der Waals surface area contributed by atoms with Crippen LogP contribution >= 0.6 is 0 Å². The van der Waals surface area contributed by atoms with Crippen molar-refractivity contribution in [1.29, 1.82) is 0 Å². The van der Waals surface area contributed by atoms with Gasteiger partial charge in [-0.15, -0.1) is 0 Å². The molecule has 0 aliphatic heterocycles. The predicted octanol–water partition coefficient (Wildman–Crippen LogP) is 4.29. The van der Waals surface area contributed by atoms with E-state index in [1.807, 2.05) is 0 Å². The minimum atomic E-state index is 0.113. The Hall–Kier alpha value is -0.860. The average molecular weight is 288 g/mol. The van der Waals surface area contributed by atoms with Crippen molar-refractivity contribution < 1.29 is 0 Å². The van der Waals surface area contributed by atoms with Crippen LogP contribution in [-0.2, 0) is 6.42 Å². The molecule has 1 atom stereocenters. The van der Waals surface area contributed by atoms with Gasteiger partial charge in [-0.2, -0.15) is 0 Å². The van der Waals surface area contributed by atoms with Crippen LogP contribution in [0.3, 0.4) is 0 Å². The lowest BCUT2D eigenvalue weighted by Crippen LogP contribution is -2.52. The fraction of sp³-hybridized carbons (Fsp3) is 0.684. The Kier molecular flexibility index (Phi) is 5.83. The van der Waals surface area contributed by atoms with Crippen LogP contribution in [0.4, 0.5) is 0 Å². The molecule has 1 aliphatic carbocycles. The van der Waals surface area contributed by atoms with Crippen LogP contribution in [0.5, 0.6) is 0 Å². The molecule has 1 aliphatic rings. The van der Waals surface area contributed by atoms with Crippen molar-refractivity contribution in [2.24, 2.45) is 5.73 Å². The summed E-state index contributed by atoms with van der Waals surface area (Å²) in [6.07, 6.45) is 10.1. The van der Waals surface area contributed by atoms with Crippen LogP contribution in [0.25, 0.3) is 0 Å². The number of aryl methyl sites for hydroxylation is 1. The lowest BCUT2D eigenvalue weighted by Gasteiger charge is -2.44. The molecule has 1 aromatic rings. The van der Waals surface area contributed by atoms with Gasteiger partial charge in [0, 0.05) is 11.6 Å². The van der Waals surface area contributed by atoms with Gasteiger partial charge < -0.3 is 10.6 Å². The van der Waals surface area contributed by atoms with E-state index in [0.717, 1.165) is 6.42 Å². The molecule has 1 fully saturated rings. The van der Waals surface area contributed by atoms with E-state index in [1.54, 1.807) is 0 Å². The first-order valence-corrected chi connectivity index (χ1v) is 8.62. The van der Waals surface area contributed by atoms with Crippen LogP contribution in [0.2, 0.25) is 0 Å². The van der Waals surface area contributed by atoms with E-state index in [9.17, 15) is 0 Å². The number of hydrogen-bond donors (Lipinski definition) is 1. The fourth-order valence-corrected chi connectivity index (χ4v) is 3.92. The van der Waals surface area contributed by atoms with E-state index >= 15 is 0 Å². The summed E-state index contributed by atoms with van der Waals surface area (Å²) in [5, 5.41) is 0. The quantitative estimate of drug-likeness (QED) is 0.819. The monoisotopic (exact) mass is 288 g/mol. The summed E-state index contributed by atoms with van der Waals surface area (Å²) in [6, 6.07) is 9.09. The molecule has 0 bridgehead atoms. The molecule has 1 saturated carbocycles. The van der Waals surface area contributed by atoms with Crippen molar-refractivity contribution in [2.45, 2.75) is 69.9 Å². The third-order valence-corrected chi connectivity index (χ3v) is 5.29. The van der Waals surface area contributed by atoms with E-state index in [-0.39, 0.29) is 11.6 Å². The highest BCUT2D eigenvalue weighted by molar-refractivity contribution is 5.29. The molecular weight excluding hydrogens is 256 g/mol. The van der Waals surface area contributed by atoms with Gasteiger partial charge in [0.05, 0.1) is 0 Å². The molecule has 2 rings (SSSR count). The molecule has 2 heteroatoms. The molecule has 21 heavy (non-hydrogen) atoms. The second-order valence-electron chi connectivity index (χ2n) is 6.88. The number of hydrogen-bond acceptors (Lipinski definition) is 2. The van der Waals surface area contributed by atoms with E-state index in [4.69, 9.17) is 5.73 Å². The largest absolute Gasteiger partial charge is 0.322 e. The zero-order chi connectivity index (χ0) is 15.3. The van der Waals surface area contributed by atoms with Crippen molar-refractivity contribution in [1.82, 2.24) is 4.90 Å². The predicted molar refractivity (Wildman–Crippen MR) is 91.5 cm³/mol. The average Bonchev–Trinajstić information content (AvgIpc) is 2.74. The number of benzene rings is 1. The van der Waals surface area contributed by atoms with Crippen molar-refractivity contribution in [3.63, 3.8) is 0 Å². The molecule has 2 N–H and O–H groups in total. The lowest BCUT2D eigenvalue weighted by molar-refractivity contribution is 0.0969. The molecule has 0 radical (unpaired) electrons. The topological polar surface area (TPSA) is 29.3 Å². The maximum atomic E-state index is 6.80. The van der Waals surface area contributed by atoms with Gasteiger partial charge in [-0.3, -0.25) is 0 Å². The van der Waals surface area contributed by atoms with E-state index in [0.29, 0.717) is 0 Å². The first-order chi connectivity index (χ1) is 10.1. The van der Waals surface area contributed by atoms with Crippen LogP contribution in [0.15, 0.2) is 24.3 Å². The summed E-state index contributed by atoms with van der Waals surface area (Å²) in [7, 11) is 4.42. The second kappa shape index (κ2) is 7.42. The highest BCUT2D eigenvalue weighted by atomic mass is 15.2. The Balaban J connectivity index is 2.29. The van der Waals surface area contributed by atoms with Crippen LogP contribution in [-0.4, -0.2) is 24.5 Å². The molecule has 0 saturated heterocycles. The molecule has 0 spiro atoms. The van der Waals surface area contributed by atoms with E-state index in [2.05, 4.69) is 50.2 Å². The first kappa shape index (κ1) is 16.5. The van der Waals surface area contributed by atoms with Crippen molar-refractivity contribution >= 4 is 0 Å². The van der Waals surface area contributed by atoms with E-state index in [1.165, 1.54) is 56.1 Å². The van der Waals surface area contributed by atoms with Gasteiger partial charge in [-0.05, 0) is 44.5 Å². The van der Waals surface area contributed by atoms with Gasteiger partial charge in [0.2, 0.25) is 0 Å². The van der Waals surface area contributed by atoms with Gasteiger partial charge in [0.1, 0.15) is 0 Å². The van der Waals surface area contributed by atoms with E-state index < -0.39 is 0 Å². The summed E-state index contributed by atoms with van der Waals surface area (Å²) in [5.41, 5.74) is 9.67. The second-order valence-corrected chi connectivity index (χ2v) is 6.88. The van der Waals surface area contributed by atoms with Gasteiger partial charge in [0.15, 0.2) is 0 Å². The minimum absolute atomic E-state index is 0.113. The first-order valence-electron chi connectivity index (χ1n) is 8.62. The summed E-state index contributed by atoms with van der Waals surface area (Å²) in [6.45, 7) is 2.24. The zero-order valence-electron chi connectivity index (χ0n) is 14.1. The van der Waals surface area contributed by atoms with Gasteiger partial charge in [-0.25, -0.2) is 0 Å². The standard InChI is InChI=1S/C19H32N2/c1-4-10-16-11-9-12-17(15-16)18(20)19(21(2)3)13-7-5-6-8-14-19/h9,11-12,15,18H,4-8,10,13-14,20H2,1-3H3. The van der Waals surface area contributed by atoms with Crippen molar-refractivity contribution in [3.05, 3.63) is 35.4 Å². The molecule has 0 aromatic heterocycles. The molecule has 0 heterocycles.